The number of hydrogen-bond acceptors (Lipinski definition) is 6. The Morgan fingerprint density at radius 2 is 1.79 bits per heavy atom. The summed E-state index contributed by atoms with van der Waals surface area (Å²) in [5.41, 5.74) is 3.79. The number of amides is 1. The molecule has 13 heteroatoms. The lowest BCUT2D eigenvalue weighted by Crippen LogP contribution is -2.63. The lowest BCUT2D eigenvalue weighted by molar-refractivity contribution is -0.172. The first-order valence-electron chi connectivity index (χ1n) is 13.9. The van der Waals surface area contributed by atoms with Gasteiger partial charge in [-0.1, -0.05) is 11.3 Å². The smallest absolute Gasteiger partial charge is 0.282 e. The molecule has 0 saturated carbocycles. The van der Waals surface area contributed by atoms with Crippen molar-refractivity contribution in [3.63, 3.8) is 0 Å². The molecule has 2 aromatic carbocycles. The summed E-state index contributed by atoms with van der Waals surface area (Å²) in [5, 5.41) is 17.1. The van der Waals surface area contributed by atoms with E-state index in [-0.39, 0.29) is 24.6 Å². The minimum atomic E-state index is -2.91. The van der Waals surface area contributed by atoms with E-state index in [9.17, 15) is 22.4 Å². The Labute approximate surface area is 243 Å². The molecule has 7 rings (SSSR count). The second-order valence-electron chi connectivity index (χ2n) is 11.1. The third-order valence-electron chi connectivity index (χ3n) is 8.24. The summed E-state index contributed by atoms with van der Waals surface area (Å²) in [6, 6.07) is 12.3. The Morgan fingerprint density at radius 1 is 1.02 bits per heavy atom. The SMILES string of the molecule is O=C(C1CC[C@H](c2cn(-c3ccc4[nH]nc(-c5ccncc5)c4c3)nn2)CN1Cc1c(F)cccc1F)N1CC(F)(F)C1. The number of aromatic nitrogens is 6. The molecule has 2 atom stereocenters. The molecular formula is C30H26F4N8O. The highest BCUT2D eigenvalue weighted by Crippen LogP contribution is 2.35. The van der Waals surface area contributed by atoms with Gasteiger partial charge in [0.15, 0.2) is 0 Å². The maximum absolute atomic E-state index is 14.6. The normalized spacial score (nSPS) is 20.3. The van der Waals surface area contributed by atoms with E-state index in [4.69, 9.17) is 0 Å². The lowest BCUT2D eigenvalue weighted by atomic mass is 9.89. The van der Waals surface area contributed by atoms with Gasteiger partial charge in [-0.15, -0.1) is 5.10 Å². The van der Waals surface area contributed by atoms with Crippen LogP contribution in [0.2, 0.25) is 0 Å². The number of fused-ring (bicyclic) bond motifs is 1. The molecule has 0 bridgehead atoms. The van der Waals surface area contributed by atoms with E-state index >= 15 is 0 Å². The van der Waals surface area contributed by atoms with Crippen molar-refractivity contribution in [2.75, 3.05) is 19.6 Å². The summed E-state index contributed by atoms with van der Waals surface area (Å²) in [6.07, 6.45) is 6.06. The fourth-order valence-corrected chi connectivity index (χ4v) is 5.97. The first-order chi connectivity index (χ1) is 20.8. The maximum atomic E-state index is 14.6. The van der Waals surface area contributed by atoms with Crippen molar-refractivity contribution in [2.45, 2.75) is 37.3 Å². The van der Waals surface area contributed by atoms with Crippen molar-refractivity contribution in [3.05, 3.63) is 90.0 Å². The molecule has 2 fully saturated rings. The Kier molecular flexibility index (Phi) is 6.68. The summed E-state index contributed by atoms with van der Waals surface area (Å²) < 4.78 is 57.9. The van der Waals surface area contributed by atoms with E-state index in [1.54, 1.807) is 28.2 Å². The highest BCUT2D eigenvalue weighted by molar-refractivity contribution is 5.94. The van der Waals surface area contributed by atoms with Crippen LogP contribution < -0.4 is 0 Å². The molecule has 5 aromatic rings. The third-order valence-corrected chi connectivity index (χ3v) is 8.24. The van der Waals surface area contributed by atoms with Gasteiger partial charge in [-0.05, 0) is 55.3 Å². The van der Waals surface area contributed by atoms with Gasteiger partial charge in [-0.2, -0.15) is 5.10 Å². The number of alkyl halides is 2. The zero-order chi connectivity index (χ0) is 29.7. The van der Waals surface area contributed by atoms with E-state index in [1.807, 2.05) is 30.3 Å². The van der Waals surface area contributed by atoms with Crippen LogP contribution >= 0.6 is 0 Å². The van der Waals surface area contributed by atoms with Gasteiger partial charge in [0.05, 0.1) is 42.2 Å². The summed E-state index contributed by atoms with van der Waals surface area (Å²) >= 11 is 0. The molecule has 9 nitrogen and oxygen atoms in total. The number of pyridine rings is 1. The van der Waals surface area contributed by atoms with Gasteiger partial charge in [0.2, 0.25) is 5.91 Å². The second kappa shape index (κ2) is 10.6. The van der Waals surface area contributed by atoms with Crippen LogP contribution in [0.25, 0.3) is 27.8 Å². The van der Waals surface area contributed by atoms with Crippen molar-refractivity contribution in [1.29, 1.82) is 0 Å². The van der Waals surface area contributed by atoms with Crippen molar-refractivity contribution in [2.24, 2.45) is 0 Å². The van der Waals surface area contributed by atoms with Crippen molar-refractivity contribution in [1.82, 2.24) is 40.0 Å². The molecule has 1 amide bonds. The second-order valence-corrected chi connectivity index (χ2v) is 11.1. The molecule has 3 aromatic heterocycles. The van der Waals surface area contributed by atoms with Crippen LogP contribution in [-0.2, 0) is 11.3 Å². The van der Waals surface area contributed by atoms with Crippen LogP contribution in [0.15, 0.2) is 67.1 Å². The Balaban J connectivity index is 1.15. The molecule has 0 radical (unpaired) electrons. The lowest BCUT2D eigenvalue weighted by Gasteiger charge is -2.45. The monoisotopic (exact) mass is 590 g/mol. The van der Waals surface area contributed by atoms with Crippen molar-refractivity contribution < 1.29 is 22.4 Å². The Hall–Kier alpha value is -4.65. The largest absolute Gasteiger partial charge is 0.329 e. The average Bonchev–Trinajstić information content (AvgIpc) is 3.65. The molecular weight excluding hydrogens is 564 g/mol. The number of likely N-dealkylation sites (tertiary alicyclic amines) is 2. The van der Waals surface area contributed by atoms with E-state index in [0.717, 1.165) is 44.9 Å². The van der Waals surface area contributed by atoms with Gasteiger partial charge >= 0.3 is 0 Å². The van der Waals surface area contributed by atoms with Gasteiger partial charge in [0.1, 0.15) is 17.3 Å². The van der Waals surface area contributed by atoms with E-state index in [0.29, 0.717) is 18.5 Å². The van der Waals surface area contributed by atoms with Crippen LogP contribution in [0.3, 0.4) is 0 Å². The standard InChI is InChI=1S/C30H26F4N8O/c31-23-2-1-3-24(32)22(23)14-40-13-19(4-7-27(40)29(43)41-16-30(33,34)17-41)26-15-42(39-37-26)20-5-6-25-21(12-20)28(38-36-25)18-8-10-35-11-9-18/h1-3,5-6,8-12,15,19,27H,4,7,13-14,16-17H2,(H,36,38)/t19-,27?/m0/s1. The fraction of sp³-hybridized carbons (Fsp3) is 0.300. The van der Waals surface area contributed by atoms with Crippen LogP contribution in [-0.4, -0.2) is 77.5 Å². The van der Waals surface area contributed by atoms with Crippen LogP contribution in [0, 0.1) is 11.6 Å². The number of carbonyl (C=O) groups excluding carboxylic acids is 1. The number of rotatable bonds is 6. The third kappa shape index (κ3) is 5.13. The van der Waals surface area contributed by atoms with Gasteiger partial charge in [0.25, 0.3) is 5.92 Å². The number of aromatic amines is 1. The van der Waals surface area contributed by atoms with Crippen LogP contribution in [0.5, 0.6) is 0 Å². The van der Waals surface area contributed by atoms with Crippen molar-refractivity contribution >= 4 is 16.8 Å². The van der Waals surface area contributed by atoms with Crippen LogP contribution in [0.1, 0.15) is 30.0 Å². The summed E-state index contributed by atoms with van der Waals surface area (Å²) in [5.74, 6) is -5.02. The number of hydrogen-bond donors (Lipinski definition) is 1. The molecule has 220 valence electrons. The zero-order valence-corrected chi connectivity index (χ0v) is 22.8. The number of nitrogens with one attached hydrogen (secondary N) is 1. The molecule has 1 unspecified atom stereocenters. The molecule has 2 aliphatic rings. The molecule has 5 heterocycles. The fourth-order valence-electron chi connectivity index (χ4n) is 5.97. The first-order valence-corrected chi connectivity index (χ1v) is 13.9. The molecule has 0 aliphatic carbocycles. The van der Waals surface area contributed by atoms with Crippen molar-refractivity contribution in [3.8, 4) is 16.9 Å². The average molecular weight is 591 g/mol. The van der Waals surface area contributed by atoms with Gasteiger partial charge in [-0.3, -0.25) is 19.8 Å². The molecule has 2 aliphatic heterocycles. The number of H-pyrrole nitrogens is 1. The highest BCUT2D eigenvalue weighted by atomic mass is 19.3. The summed E-state index contributed by atoms with van der Waals surface area (Å²) in [7, 11) is 0. The van der Waals surface area contributed by atoms with Gasteiger partial charge < -0.3 is 4.90 Å². The van der Waals surface area contributed by atoms with Gasteiger partial charge in [-0.25, -0.2) is 22.2 Å². The topological polar surface area (TPSA) is 95.8 Å². The van der Waals surface area contributed by atoms with E-state index in [2.05, 4.69) is 25.5 Å². The predicted molar refractivity (Wildman–Crippen MR) is 148 cm³/mol. The minimum absolute atomic E-state index is 0.169. The number of benzene rings is 2. The highest BCUT2D eigenvalue weighted by Gasteiger charge is 2.49. The van der Waals surface area contributed by atoms with Gasteiger partial charge in [0, 0.05) is 47.9 Å². The number of piperidine rings is 1. The van der Waals surface area contributed by atoms with E-state index < -0.39 is 42.6 Å². The molecule has 0 spiro atoms. The number of halogens is 4. The number of nitrogens with zero attached hydrogens (tertiary/aromatic N) is 7. The first kappa shape index (κ1) is 27.2. The van der Waals surface area contributed by atoms with Crippen LogP contribution in [0.4, 0.5) is 17.6 Å². The zero-order valence-electron chi connectivity index (χ0n) is 22.8. The quantitative estimate of drug-likeness (QED) is 0.288. The molecule has 1 N–H and O–H groups in total. The maximum Gasteiger partial charge on any atom is 0.282 e. The Bertz CT molecular complexity index is 1780. The molecule has 43 heavy (non-hydrogen) atoms. The molecule has 2 saturated heterocycles. The predicted octanol–water partition coefficient (Wildman–Crippen LogP) is 4.71. The minimum Gasteiger partial charge on any atom is -0.329 e. The number of carbonyl (C=O) groups is 1. The summed E-state index contributed by atoms with van der Waals surface area (Å²) in [6.45, 7) is -1.23. The Morgan fingerprint density at radius 3 is 2.53 bits per heavy atom. The summed E-state index contributed by atoms with van der Waals surface area (Å²) in [4.78, 5) is 20.1. The van der Waals surface area contributed by atoms with E-state index in [1.165, 1.54) is 6.07 Å².